The van der Waals surface area contributed by atoms with Crippen molar-refractivity contribution in [3.05, 3.63) is 76.6 Å². The molecule has 8 heteroatoms. The highest BCUT2D eigenvalue weighted by Gasteiger charge is 2.17. The summed E-state index contributed by atoms with van der Waals surface area (Å²) in [4.78, 5) is 23.1. The van der Waals surface area contributed by atoms with Crippen LogP contribution in [0, 0.1) is 6.92 Å². The Bertz CT molecular complexity index is 1460. The zero-order valence-electron chi connectivity index (χ0n) is 18.5. The van der Waals surface area contributed by atoms with E-state index in [0.29, 0.717) is 16.3 Å². The van der Waals surface area contributed by atoms with E-state index in [1.807, 2.05) is 55.5 Å². The molecule has 1 amide bonds. The molecule has 0 aliphatic carbocycles. The summed E-state index contributed by atoms with van der Waals surface area (Å²) in [5, 5.41) is 15.0. The van der Waals surface area contributed by atoms with Crippen LogP contribution in [0.5, 0.6) is 11.5 Å². The number of aromatic nitrogens is 2. The lowest BCUT2D eigenvalue weighted by Crippen LogP contribution is -2.14. The minimum absolute atomic E-state index is 0.122. The summed E-state index contributed by atoms with van der Waals surface area (Å²) in [6.07, 6.45) is 0.199. The summed E-state index contributed by atoms with van der Waals surface area (Å²) >= 11 is 3.01. The lowest BCUT2D eigenvalue weighted by atomic mass is 10.1. The van der Waals surface area contributed by atoms with Crippen molar-refractivity contribution in [3.63, 3.8) is 0 Å². The lowest BCUT2D eigenvalue weighted by molar-refractivity contribution is -0.115. The molecule has 0 saturated carbocycles. The zero-order valence-corrected chi connectivity index (χ0v) is 20.2. The number of aryl methyl sites for hydroxylation is 1. The van der Waals surface area contributed by atoms with Gasteiger partial charge in [0.25, 0.3) is 0 Å². The molecule has 0 saturated heterocycles. The highest BCUT2D eigenvalue weighted by molar-refractivity contribution is 7.21. The number of thiazole rings is 2. The molecule has 5 aromatic rings. The summed E-state index contributed by atoms with van der Waals surface area (Å²) in [6.45, 7) is 1.93. The zero-order chi connectivity index (χ0) is 23.7. The Kier molecular flexibility index (Phi) is 6.00. The molecular weight excluding hydrogens is 466 g/mol. The van der Waals surface area contributed by atoms with E-state index in [1.54, 1.807) is 25.3 Å². The molecule has 5 rings (SSSR count). The van der Waals surface area contributed by atoms with Crippen molar-refractivity contribution < 1.29 is 14.6 Å². The number of fused-ring (bicyclic) bond motifs is 1. The van der Waals surface area contributed by atoms with Crippen molar-refractivity contribution in [1.29, 1.82) is 0 Å². The first-order valence-corrected chi connectivity index (χ1v) is 12.2. The maximum absolute atomic E-state index is 12.9. The van der Waals surface area contributed by atoms with Crippen LogP contribution < -0.4 is 10.1 Å². The van der Waals surface area contributed by atoms with E-state index in [0.717, 1.165) is 37.1 Å². The maximum atomic E-state index is 12.9. The maximum Gasteiger partial charge on any atom is 0.229 e. The van der Waals surface area contributed by atoms with Gasteiger partial charge in [0.15, 0.2) is 0 Å². The summed E-state index contributed by atoms with van der Waals surface area (Å²) in [5.41, 5.74) is 3.82. The van der Waals surface area contributed by atoms with Crippen molar-refractivity contribution in [2.75, 3.05) is 12.4 Å². The average molecular weight is 488 g/mol. The van der Waals surface area contributed by atoms with Gasteiger partial charge < -0.3 is 15.2 Å². The number of hydrogen-bond donors (Lipinski definition) is 2. The monoisotopic (exact) mass is 487 g/mol. The van der Waals surface area contributed by atoms with Crippen molar-refractivity contribution in [3.8, 4) is 33.3 Å². The van der Waals surface area contributed by atoms with E-state index in [2.05, 4.69) is 15.3 Å². The molecule has 3 aromatic carbocycles. The fourth-order valence-corrected chi connectivity index (χ4v) is 5.63. The largest absolute Gasteiger partial charge is 0.507 e. The fourth-order valence-electron chi connectivity index (χ4n) is 3.69. The van der Waals surface area contributed by atoms with Gasteiger partial charge >= 0.3 is 0 Å². The second-order valence-electron chi connectivity index (χ2n) is 7.68. The summed E-state index contributed by atoms with van der Waals surface area (Å²) < 4.78 is 6.27. The van der Waals surface area contributed by atoms with E-state index in [9.17, 15) is 9.90 Å². The number of rotatable bonds is 6. The molecule has 0 aliphatic rings. The number of phenols is 1. The topological polar surface area (TPSA) is 84.3 Å². The number of amides is 1. The van der Waals surface area contributed by atoms with Crippen molar-refractivity contribution in [2.45, 2.75) is 13.3 Å². The molecule has 2 heterocycles. The lowest BCUT2D eigenvalue weighted by Gasteiger charge is -2.08. The van der Waals surface area contributed by atoms with E-state index >= 15 is 0 Å². The van der Waals surface area contributed by atoms with Crippen LogP contribution in [0.2, 0.25) is 0 Å². The number of carbonyl (C=O) groups is 1. The second-order valence-corrected chi connectivity index (χ2v) is 10.00. The van der Waals surface area contributed by atoms with Crippen LogP contribution in [0.4, 0.5) is 5.69 Å². The Morgan fingerprint density at radius 3 is 2.59 bits per heavy atom. The molecule has 2 aromatic heterocycles. The van der Waals surface area contributed by atoms with E-state index in [-0.39, 0.29) is 18.1 Å². The number of ether oxygens (including phenoxy) is 1. The van der Waals surface area contributed by atoms with Gasteiger partial charge in [-0.2, -0.15) is 0 Å². The first-order valence-electron chi connectivity index (χ1n) is 10.6. The number of phenolic OH excluding ortho intramolecular Hbond substituents is 1. The van der Waals surface area contributed by atoms with Crippen LogP contribution in [0.1, 0.15) is 9.88 Å². The third kappa shape index (κ3) is 4.50. The van der Waals surface area contributed by atoms with Crippen LogP contribution in [-0.2, 0) is 11.2 Å². The van der Waals surface area contributed by atoms with E-state index in [1.165, 1.54) is 22.7 Å². The normalized spacial score (nSPS) is 11.0. The van der Waals surface area contributed by atoms with Gasteiger partial charge in [-0.1, -0.05) is 12.1 Å². The number of nitrogens with zero attached hydrogens (tertiary/aromatic N) is 2. The molecule has 0 aliphatic heterocycles. The van der Waals surface area contributed by atoms with Gasteiger partial charge in [-0.05, 0) is 61.5 Å². The van der Waals surface area contributed by atoms with Crippen molar-refractivity contribution in [2.24, 2.45) is 0 Å². The number of hydrogen-bond acceptors (Lipinski definition) is 7. The number of carbonyl (C=O) groups excluding carboxylic acids is 1. The van der Waals surface area contributed by atoms with E-state index < -0.39 is 0 Å². The Morgan fingerprint density at radius 2 is 1.82 bits per heavy atom. The van der Waals surface area contributed by atoms with E-state index in [4.69, 9.17) is 4.74 Å². The Balaban J connectivity index is 1.37. The minimum Gasteiger partial charge on any atom is -0.507 e. The molecular formula is C26H21N3O3S2. The number of para-hydroxylation sites is 1. The summed E-state index contributed by atoms with van der Waals surface area (Å²) in [7, 11) is 1.63. The molecule has 0 fully saturated rings. The average Bonchev–Trinajstić information content (AvgIpc) is 3.43. The second kappa shape index (κ2) is 9.24. The Labute approximate surface area is 204 Å². The van der Waals surface area contributed by atoms with Crippen molar-refractivity contribution in [1.82, 2.24) is 9.97 Å². The molecule has 170 valence electrons. The van der Waals surface area contributed by atoms with Gasteiger partial charge in [0.1, 0.15) is 16.5 Å². The smallest absolute Gasteiger partial charge is 0.229 e. The first-order chi connectivity index (χ1) is 16.5. The summed E-state index contributed by atoms with van der Waals surface area (Å²) in [5.74, 6) is 0.738. The van der Waals surface area contributed by atoms with Crippen LogP contribution in [0.15, 0.2) is 66.7 Å². The van der Waals surface area contributed by atoms with Crippen LogP contribution >= 0.6 is 22.7 Å². The molecule has 0 radical (unpaired) electrons. The number of benzene rings is 3. The molecule has 0 unspecified atom stereocenters. The summed E-state index contributed by atoms with van der Waals surface area (Å²) in [6, 6.07) is 20.5. The number of anilines is 1. The first kappa shape index (κ1) is 22.1. The minimum atomic E-state index is -0.153. The molecule has 2 N–H and O–H groups in total. The molecule has 34 heavy (non-hydrogen) atoms. The van der Waals surface area contributed by atoms with Gasteiger partial charge in [-0.25, -0.2) is 9.97 Å². The predicted molar refractivity (Wildman–Crippen MR) is 138 cm³/mol. The van der Waals surface area contributed by atoms with Gasteiger partial charge in [0.2, 0.25) is 5.91 Å². The van der Waals surface area contributed by atoms with Gasteiger partial charge in [0, 0.05) is 16.1 Å². The predicted octanol–water partition coefficient (Wildman–Crippen LogP) is 6.29. The highest BCUT2D eigenvalue weighted by Crippen LogP contribution is 2.37. The van der Waals surface area contributed by atoms with Gasteiger partial charge in [0.05, 0.1) is 40.0 Å². The SMILES string of the molecule is COc1ccc(-c2nc(C)sc2CC(=O)Nc2ccc(O)c(-c3nc4ccccc4s3)c2)cc1. The van der Waals surface area contributed by atoms with Crippen LogP contribution in [0.3, 0.4) is 0 Å². The third-order valence-electron chi connectivity index (χ3n) is 5.29. The molecule has 6 nitrogen and oxygen atoms in total. The number of methoxy groups -OCH3 is 1. The van der Waals surface area contributed by atoms with Crippen molar-refractivity contribution >= 4 is 44.5 Å². The number of nitrogens with one attached hydrogen (secondary N) is 1. The van der Waals surface area contributed by atoms with Gasteiger partial charge in [-0.15, -0.1) is 22.7 Å². The van der Waals surface area contributed by atoms with Crippen LogP contribution in [-0.4, -0.2) is 28.1 Å². The van der Waals surface area contributed by atoms with Gasteiger partial charge in [-0.3, -0.25) is 4.79 Å². The molecule has 0 atom stereocenters. The highest BCUT2D eigenvalue weighted by atomic mass is 32.1. The quantitative estimate of drug-likeness (QED) is 0.275. The standard InChI is InChI=1S/C26H21N3O3S2/c1-15-27-25(16-7-10-18(32-2)11-8-16)23(33-15)14-24(31)28-17-9-12-21(30)19(13-17)26-29-20-5-3-4-6-22(20)34-26/h3-13,30H,14H2,1-2H3,(H,28,31). The molecule has 0 spiro atoms. The molecule has 0 bridgehead atoms. The Morgan fingerprint density at radius 1 is 1.03 bits per heavy atom. The fraction of sp³-hybridized carbons (Fsp3) is 0.115. The third-order valence-corrected chi connectivity index (χ3v) is 7.33. The number of aromatic hydroxyl groups is 1. The Hall–Kier alpha value is -3.75. The van der Waals surface area contributed by atoms with Crippen LogP contribution in [0.25, 0.3) is 32.0 Å².